The quantitative estimate of drug-likeness (QED) is 0.112. The number of hydrogen-bond donors (Lipinski definition) is 7. The average Bonchev–Trinajstić information content (AvgIpc) is 3.00. The van der Waals surface area contributed by atoms with E-state index in [9.17, 15) is 0 Å². The number of nitrogens with two attached hydrogens (primary N) is 2. The molecule has 1 heterocycles. The molecule has 1 fully saturated rings. The van der Waals surface area contributed by atoms with E-state index in [2.05, 4.69) is 58.7 Å². The van der Waals surface area contributed by atoms with Crippen LogP contribution in [0.2, 0.25) is 0 Å². The fourth-order valence-corrected chi connectivity index (χ4v) is 4.86. The van der Waals surface area contributed by atoms with E-state index in [1.54, 1.807) is 0 Å². The van der Waals surface area contributed by atoms with Crippen molar-refractivity contribution >= 4 is 5.96 Å². The smallest absolute Gasteiger partial charge is 0.188 e. The molecule has 36 heavy (non-hydrogen) atoms. The molecule has 1 aliphatic rings. The summed E-state index contributed by atoms with van der Waals surface area (Å²) >= 11 is 0. The molecule has 0 bridgehead atoms. The molecule has 9 N–H and O–H groups in total. The fraction of sp³-hybridized carbons (Fsp3) is 0.607. The summed E-state index contributed by atoms with van der Waals surface area (Å²) < 4.78 is 0. The van der Waals surface area contributed by atoms with Gasteiger partial charge in [0, 0.05) is 50.2 Å². The zero-order valence-corrected chi connectivity index (χ0v) is 22.3. The highest BCUT2D eigenvalue weighted by atomic mass is 15.2. The maximum Gasteiger partial charge on any atom is 0.188 e. The molecule has 0 saturated carbocycles. The number of nitrogens with zero attached hydrogens (tertiary/aromatic N) is 1. The molecule has 0 amide bonds. The van der Waals surface area contributed by atoms with Crippen LogP contribution in [0.25, 0.3) is 0 Å². The second-order valence-electron chi connectivity index (χ2n) is 9.89. The van der Waals surface area contributed by atoms with Gasteiger partial charge in [0.2, 0.25) is 0 Å². The minimum atomic E-state index is 0.0195. The Balaban J connectivity index is 2.05. The molecule has 0 aromatic heterocycles. The third-order valence-electron chi connectivity index (χ3n) is 7.06. The lowest BCUT2D eigenvalue weighted by Crippen LogP contribution is -2.46. The predicted octanol–water partition coefficient (Wildman–Crippen LogP) is 2.11. The first-order valence-corrected chi connectivity index (χ1v) is 13.5. The number of hydrogen-bond acceptors (Lipinski definition) is 6. The van der Waals surface area contributed by atoms with Crippen LogP contribution in [0.3, 0.4) is 0 Å². The normalized spacial score (nSPS) is 18.3. The van der Waals surface area contributed by atoms with Gasteiger partial charge in [-0.05, 0) is 57.2 Å². The second-order valence-corrected chi connectivity index (χ2v) is 9.89. The number of benzene rings is 1. The molecule has 8 heteroatoms. The van der Waals surface area contributed by atoms with Crippen molar-refractivity contribution in [2.75, 3.05) is 46.3 Å². The van der Waals surface area contributed by atoms with Crippen LogP contribution in [-0.4, -0.2) is 69.3 Å². The first-order valence-electron chi connectivity index (χ1n) is 13.5. The molecular formula is C28H50N8. The van der Waals surface area contributed by atoms with E-state index in [4.69, 9.17) is 16.9 Å². The maximum atomic E-state index is 7.82. The number of unbranched alkanes of at least 4 members (excludes halogenated alkanes) is 1. The lowest BCUT2D eigenvalue weighted by Gasteiger charge is -2.31. The fourth-order valence-electron chi connectivity index (χ4n) is 4.86. The van der Waals surface area contributed by atoms with Crippen LogP contribution in [0, 0.1) is 11.3 Å². The van der Waals surface area contributed by atoms with E-state index in [-0.39, 0.29) is 12.0 Å². The highest BCUT2D eigenvalue weighted by Gasteiger charge is 2.24. The second kappa shape index (κ2) is 17.0. The van der Waals surface area contributed by atoms with Crippen molar-refractivity contribution in [2.45, 2.75) is 57.0 Å². The van der Waals surface area contributed by atoms with Crippen molar-refractivity contribution in [1.82, 2.24) is 26.2 Å². The maximum absolute atomic E-state index is 7.82. The Kier molecular flexibility index (Phi) is 14.0. The summed E-state index contributed by atoms with van der Waals surface area (Å²) in [6, 6.07) is 10.9. The molecule has 202 valence electrons. The van der Waals surface area contributed by atoms with Crippen molar-refractivity contribution in [3.8, 4) is 0 Å². The molecule has 3 unspecified atom stereocenters. The van der Waals surface area contributed by atoms with Crippen molar-refractivity contribution in [3.63, 3.8) is 0 Å². The summed E-state index contributed by atoms with van der Waals surface area (Å²) in [7, 11) is 2.01. The molecule has 1 aromatic carbocycles. The van der Waals surface area contributed by atoms with Gasteiger partial charge in [-0.1, -0.05) is 56.3 Å². The standard InChI is InChI=1S/C28H50N8/c1-22(20-29)35-27(19-24-11-5-4-6-12-24)23(2)34-21-25(13-7-9-15-32-3)26-14-8-10-17-36(28(30)31)18-16-33-26/h4-6,11-12,25-27,32-35H,1-2,7-10,13-21,29H2,3H3,(H3,30,31). The van der Waals surface area contributed by atoms with Gasteiger partial charge in [-0.2, -0.15) is 0 Å². The summed E-state index contributed by atoms with van der Waals surface area (Å²) in [6.45, 7) is 13.3. The number of nitrogens with one attached hydrogen (secondary N) is 5. The molecule has 0 radical (unpaired) electrons. The van der Waals surface area contributed by atoms with Crippen LogP contribution in [0.5, 0.6) is 0 Å². The topological polar surface area (TPSA) is 127 Å². The van der Waals surface area contributed by atoms with Gasteiger partial charge in [0.05, 0.1) is 6.04 Å². The third-order valence-corrected chi connectivity index (χ3v) is 7.06. The summed E-state index contributed by atoms with van der Waals surface area (Å²) in [5.41, 5.74) is 14.6. The average molecular weight is 499 g/mol. The number of rotatable bonds is 15. The van der Waals surface area contributed by atoms with Crippen molar-refractivity contribution in [3.05, 3.63) is 60.4 Å². The van der Waals surface area contributed by atoms with E-state index >= 15 is 0 Å². The summed E-state index contributed by atoms with van der Waals surface area (Å²) in [5.74, 6) is 0.658. The van der Waals surface area contributed by atoms with Gasteiger partial charge in [0.1, 0.15) is 0 Å². The minimum absolute atomic E-state index is 0.0195. The molecule has 0 spiro atoms. The zero-order valence-electron chi connectivity index (χ0n) is 22.3. The molecular weight excluding hydrogens is 448 g/mol. The van der Waals surface area contributed by atoms with Crippen LogP contribution < -0.4 is 32.7 Å². The largest absolute Gasteiger partial charge is 0.387 e. The van der Waals surface area contributed by atoms with Gasteiger partial charge in [-0.15, -0.1) is 0 Å². The van der Waals surface area contributed by atoms with E-state index in [1.165, 1.54) is 18.4 Å². The van der Waals surface area contributed by atoms with Crippen LogP contribution >= 0.6 is 0 Å². The Labute approximate surface area is 218 Å². The van der Waals surface area contributed by atoms with Crippen LogP contribution in [0.1, 0.15) is 44.1 Å². The van der Waals surface area contributed by atoms with Crippen LogP contribution in [-0.2, 0) is 6.42 Å². The van der Waals surface area contributed by atoms with Gasteiger partial charge < -0.3 is 37.6 Å². The molecule has 1 saturated heterocycles. The van der Waals surface area contributed by atoms with E-state index in [1.807, 2.05) is 18.0 Å². The SMILES string of the molecule is C=C(CN)NC(Cc1ccccc1)C(=C)NCC(CCCCNC)C1CCCCN(C(=N)N)CCN1. The molecule has 1 aromatic rings. The minimum Gasteiger partial charge on any atom is -0.387 e. The van der Waals surface area contributed by atoms with Crippen molar-refractivity contribution in [1.29, 1.82) is 5.41 Å². The van der Waals surface area contributed by atoms with Crippen LogP contribution in [0.15, 0.2) is 54.9 Å². The first-order chi connectivity index (χ1) is 17.4. The monoisotopic (exact) mass is 498 g/mol. The van der Waals surface area contributed by atoms with E-state index in [0.717, 1.165) is 76.2 Å². The molecule has 8 nitrogen and oxygen atoms in total. The van der Waals surface area contributed by atoms with Gasteiger partial charge in [0.15, 0.2) is 5.96 Å². The molecule has 0 aliphatic carbocycles. The zero-order chi connectivity index (χ0) is 26.2. The van der Waals surface area contributed by atoms with E-state index in [0.29, 0.717) is 18.5 Å². The third kappa shape index (κ3) is 11.0. The highest BCUT2D eigenvalue weighted by Crippen LogP contribution is 2.20. The van der Waals surface area contributed by atoms with Crippen molar-refractivity contribution < 1.29 is 0 Å². The van der Waals surface area contributed by atoms with Crippen molar-refractivity contribution in [2.24, 2.45) is 17.4 Å². The summed E-state index contributed by atoms with van der Waals surface area (Å²) in [4.78, 5) is 1.97. The summed E-state index contributed by atoms with van der Waals surface area (Å²) in [5, 5.41) is 22.0. The van der Waals surface area contributed by atoms with Gasteiger partial charge in [0.25, 0.3) is 0 Å². The Morgan fingerprint density at radius 1 is 1.19 bits per heavy atom. The van der Waals surface area contributed by atoms with Gasteiger partial charge in [-0.25, -0.2) is 0 Å². The van der Waals surface area contributed by atoms with Crippen LogP contribution in [0.4, 0.5) is 0 Å². The Bertz CT molecular complexity index is 781. The Morgan fingerprint density at radius 2 is 1.97 bits per heavy atom. The lowest BCUT2D eigenvalue weighted by molar-refractivity contribution is 0.299. The first kappa shape index (κ1) is 29.7. The molecule has 2 rings (SSSR count). The molecule has 1 aliphatic heterocycles. The van der Waals surface area contributed by atoms with E-state index < -0.39 is 0 Å². The van der Waals surface area contributed by atoms with Gasteiger partial charge in [-0.3, -0.25) is 5.41 Å². The molecule has 3 atom stereocenters. The Morgan fingerprint density at radius 3 is 2.67 bits per heavy atom. The number of guanidine groups is 1. The summed E-state index contributed by atoms with van der Waals surface area (Å²) in [6.07, 6.45) is 7.66. The van der Waals surface area contributed by atoms with Gasteiger partial charge >= 0.3 is 0 Å². The lowest BCUT2D eigenvalue weighted by atomic mass is 9.89. The Hall–Kier alpha value is -2.55. The predicted molar refractivity (Wildman–Crippen MR) is 153 cm³/mol. The highest BCUT2D eigenvalue weighted by molar-refractivity contribution is 5.74.